The Hall–Kier alpha value is -3.55. The number of piperazine rings is 2. The maximum absolute atomic E-state index is 3.66. The summed E-state index contributed by atoms with van der Waals surface area (Å²) in [7, 11) is 0. The molecule has 6 aromatic rings. The minimum Gasteiger partial charge on any atom is -0.337 e. The molecule has 11 heterocycles. The summed E-state index contributed by atoms with van der Waals surface area (Å²) in [5, 5.41) is 5.91. The number of rotatable bonds is 2. The molecule has 8 heteroatoms. The largest absolute Gasteiger partial charge is 0.337 e. The SMILES string of the molecule is c1ccc2c(c1)c1ccccc1n2C1CCC2C(C1)B1C3CC(n4c5ccccc5c5ccccc54)CCC3N3C4CCCC5C6CCC7C8CCC9C%10CCCC%11C%10N%10C9C8B8C7C6N(C54)C4C8C%10C(C1C43)N2%11. The smallest absolute Gasteiger partial charge is 0.157 e. The number of nitrogens with zero attached hydrogens (tertiary/aromatic N) is 6. The highest BCUT2D eigenvalue weighted by Crippen LogP contribution is 2.81. The number of fused-ring (bicyclic) bond motifs is 17. The maximum Gasteiger partial charge on any atom is 0.157 e. The molecule has 7 aliphatic carbocycles. The number of benzene rings is 4. The van der Waals surface area contributed by atoms with Gasteiger partial charge in [-0.3, -0.25) is 19.6 Å². The van der Waals surface area contributed by atoms with Crippen molar-refractivity contribution >= 4 is 57.0 Å². The zero-order valence-electron chi connectivity index (χ0n) is 43.4. The van der Waals surface area contributed by atoms with E-state index in [1.165, 1.54) is 108 Å². The molecule has 9 saturated heterocycles. The number of aromatic nitrogens is 2. The summed E-state index contributed by atoms with van der Waals surface area (Å²) < 4.78 is 5.90. The summed E-state index contributed by atoms with van der Waals surface area (Å²) in [4.78, 5) is 14.6. The van der Waals surface area contributed by atoms with E-state index in [1.807, 2.05) is 0 Å². The zero-order chi connectivity index (χ0) is 46.9. The highest BCUT2D eigenvalue weighted by molar-refractivity contribution is 6.68. The van der Waals surface area contributed by atoms with Crippen molar-refractivity contribution in [3.05, 3.63) is 97.1 Å². The molecule has 0 amide bonds. The van der Waals surface area contributed by atoms with Crippen LogP contribution in [0.5, 0.6) is 0 Å². The molecule has 0 spiro atoms. The van der Waals surface area contributed by atoms with E-state index in [0.717, 1.165) is 156 Å². The third-order valence-corrected chi connectivity index (χ3v) is 28.7. The number of para-hydroxylation sites is 4. The highest BCUT2D eigenvalue weighted by Gasteiger charge is 2.85. The van der Waals surface area contributed by atoms with Gasteiger partial charge in [0.15, 0.2) is 13.4 Å². The second-order valence-corrected chi connectivity index (χ2v) is 29.5. The molecule has 16 aliphatic rings. The molecule has 74 heavy (non-hydrogen) atoms. The molecule has 24 unspecified atom stereocenters. The summed E-state index contributed by atoms with van der Waals surface area (Å²) in [6.07, 6.45) is 23.8. The molecule has 2 aromatic heterocycles. The molecule has 374 valence electrons. The molecule has 24 atom stereocenters. The standard InChI is InChI=1S/C66H74B2N6/c1-5-17-47-35(11-1)36-12-2-6-18-48(36)69(47)33-23-29-51-45(31-33)67-46-32-34(70-49-19-7-3-13-37(49)38-14-4-8-20-50(38)70)24-30-52(46)72-54-22-10-16-42-44-28-26-40-39-25-27-43-41-15-9-21-53-59(41)73-61(43)55(39)68-56(40)62(44)74(60(42)54)66-58(68)65(73)63(71(51)53)57(67)64(66)72/h1-8,11-14,17-20,33-34,39-46,51-66H,9-10,15-16,21-32H2. The van der Waals surface area contributed by atoms with E-state index in [4.69, 9.17) is 0 Å². The van der Waals surface area contributed by atoms with Gasteiger partial charge in [-0.15, -0.1) is 0 Å². The Morgan fingerprint density at radius 2 is 0.676 bits per heavy atom. The van der Waals surface area contributed by atoms with Crippen LogP contribution in [0.25, 0.3) is 43.6 Å². The lowest BCUT2D eigenvalue weighted by Gasteiger charge is -2.81. The molecular weight excluding hydrogens is 898 g/mol. The third-order valence-electron chi connectivity index (χ3n) is 28.7. The van der Waals surface area contributed by atoms with Crippen molar-refractivity contribution in [1.82, 2.24) is 28.7 Å². The van der Waals surface area contributed by atoms with E-state index in [9.17, 15) is 0 Å². The minimum absolute atomic E-state index is 0.562. The van der Waals surface area contributed by atoms with Gasteiger partial charge in [0.2, 0.25) is 0 Å². The van der Waals surface area contributed by atoms with Gasteiger partial charge in [0, 0.05) is 128 Å². The summed E-state index contributed by atoms with van der Waals surface area (Å²) in [6, 6.07) is 49.3. The van der Waals surface area contributed by atoms with Crippen molar-refractivity contribution in [2.24, 2.45) is 35.5 Å². The molecule has 0 radical (unpaired) electrons. The van der Waals surface area contributed by atoms with Gasteiger partial charge in [-0.2, -0.15) is 0 Å². The monoisotopic (exact) mass is 973 g/mol. The Bertz CT molecular complexity index is 3110. The van der Waals surface area contributed by atoms with Crippen LogP contribution in [0, 0.1) is 35.5 Å². The Kier molecular flexibility index (Phi) is 7.49. The predicted molar refractivity (Wildman–Crippen MR) is 299 cm³/mol. The molecule has 6 nitrogen and oxygen atoms in total. The summed E-state index contributed by atoms with van der Waals surface area (Å²) in [5.41, 5.74) is 6.01. The normalized spacial score (nSPS) is 51.2. The molecule has 0 N–H and O–H groups in total. The summed E-state index contributed by atoms with van der Waals surface area (Å²) >= 11 is 0. The molecule has 16 fully saturated rings. The van der Waals surface area contributed by atoms with Crippen LogP contribution in [0.4, 0.5) is 0 Å². The van der Waals surface area contributed by atoms with Gasteiger partial charge in [0.1, 0.15) is 0 Å². The summed E-state index contributed by atoms with van der Waals surface area (Å²) in [5.74, 6) is 11.3. The molecule has 7 saturated carbocycles. The van der Waals surface area contributed by atoms with E-state index >= 15 is 0 Å². The first-order valence-corrected chi connectivity index (χ1v) is 31.9. The third kappa shape index (κ3) is 4.32. The van der Waals surface area contributed by atoms with E-state index in [-0.39, 0.29) is 0 Å². The Morgan fingerprint density at radius 3 is 1.12 bits per heavy atom. The lowest BCUT2D eigenvalue weighted by molar-refractivity contribution is -0.198. The van der Waals surface area contributed by atoms with E-state index in [1.54, 1.807) is 38.5 Å². The second kappa shape index (κ2) is 13.6. The van der Waals surface area contributed by atoms with Crippen LogP contribution in [0.2, 0.25) is 34.9 Å². The first-order valence-electron chi connectivity index (χ1n) is 31.9. The van der Waals surface area contributed by atoms with Crippen LogP contribution in [-0.2, 0) is 0 Å². The first kappa shape index (κ1) is 40.6. The van der Waals surface area contributed by atoms with Crippen LogP contribution >= 0.6 is 0 Å². The minimum atomic E-state index is 0.562. The molecule has 4 aromatic carbocycles. The fourth-order valence-electron chi connectivity index (χ4n) is 28.2. The van der Waals surface area contributed by atoms with Crippen molar-refractivity contribution < 1.29 is 0 Å². The molecule has 22 rings (SSSR count). The fraction of sp³-hybridized carbons (Fsp3) is 0.636. The van der Waals surface area contributed by atoms with Crippen LogP contribution in [0.15, 0.2) is 97.1 Å². The lowest BCUT2D eigenvalue weighted by atomic mass is 9.14. The van der Waals surface area contributed by atoms with Gasteiger partial charge in [-0.05, 0) is 172 Å². The summed E-state index contributed by atoms with van der Waals surface area (Å²) in [6.45, 7) is 1.83. The topological polar surface area (TPSA) is 22.8 Å². The van der Waals surface area contributed by atoms with Crippen molar-refractivity contribution in [3.8, 4) is 0 Å². The van der Waals surface area contributed by atoms with Crippen molar-refractivity contribution in [1.29, 1.82) is 0 Å². The van der Waals surface area contributed by atoms with Gasteiger partial charge >= 0.3 is 0 Å². The van der Waals surface area contributed by atoms with Gasteiger partial charge in [0.25, 0.3) is 0 Å². The average Bonchev–Trinajstić information content (AvgIpc) is 4.26. The quantitative estimate of drug-likeness (QED) is 0.161. The van der Waals surface area contributed by atoms with Gasteiger partial charge in [-0.25, -0.2) is 0 Å². The number of hydrogen-bond donors (Lipinski definition) is 0. The Labute approximate surface area is 438 Å². The molecule has 0 bridgehead atoms. The van der Waals surface area contributed by atoms with Gasteiger partial charge < -0.3 is 9.13 Å². The number of hydrogen-bond acceptors (Lipinski definition) is 4. The van der Waals surface area contributed by atoms with Crippen molar-refractivity contribution in [2.75, 3.05) is 0 Å². The predicted octanol–water partition coefficient (Wildman–Crippen LogP) is 12.7. The van der Waals surface area contributed by atoms with Gasteiger partial charge in [-0.1, -0.05) is 98.5 Å². The van der Waals surface area contributed by atoms with Crippen LogP contribution in [0.3, 0.4) is 0 Å². The second-order valence-electron chi connectivity index (χ2n) is 29.5. The van der Waals surface area contributed by atoms with Crippen molar-refractivity contribution in [3.63, 3.8) is 0 Å². The van der Waals surface area contributed by atoms with E-state index < -0.39 is 0 Å². The van der Waals surface area contributed by atoms with E-state index in [0.29, 0.717) is 12.1 Å². The zero-order valence-corrected chi connectivity index (χ0v) is 43.4. The van der Waals surface area contributed by atoms with Crippen molar-refractivity contribution in [2.45, 2.75) is 222 Å². The first-order chi connectivity index (χ1) is 36.8. The van der Waals surface area contributed by atoms with Crippen LogP contribution in [0.1, 0.15) is 115 Å². The lowest BCUT2D eigenvalue weighted by Crippen LogP contribution is -2.90. The molecule has 9 aliphatic heterocycles. The Morgan fingerprint density at radius 1 is 0.297 bits per heavy atom. The van der Waals surface area contributed by atoms with Gasteiger partial charge in [0.05, 0.1) is 0 Å². The maximum atomic E-state index is 3.66. The average molecular weight is 973 g/mol. The highest BCUT2D eigenvalue weighted by atomic mass is 15.5. The van der Waals surface area contributed by atoms with Crippen LogP contribution < -0.4 is 0 Å². The molecular formula is C66H74B2N6. The van der Waals surface area contributed by atoms with E-state index in [2.05, 4.69) is 126 Å². The Balaban J connectivity index is 0.792. The van der Waals surface area contributed by atoms with Crippen LogP contribution in [-0.4, -0.2) is 115 Å². The fourth-order valence-corrected chi connectivity index (χ4v) is 28.2.